The van der Waals surface area contributed by atoms with E-state index in [1.165, 1.54) is 37.5 Å². The average molecular weight is 284 g/mol. The van der Waals surface area contributed by atoms with Crippen LogP contribution in [0, 0.1) is 0 Å². The van der Waals surface area contributed by atoms with Crippen LogP contribution in [0.2, 0.25) is 0 Å². The number of aromatic nitrogens is 1. The number of pyridine rings is 1. The van der Waals surface area contributed by atoms with Gasteiger partial charge in [0.05, 0.1) is 17.8 Å². The molecule has 1 saturated carbocycles. The lowest BCUT2D eigenvalue weighted by Gasteiger charge is -2.33. The van der Waals surface area contributed by atoms with Crippen LogP contribution in [0.1, 0.15) is 37.8 Å². The van der Waals surface area contributed by atoms with Crippen LogP contribution < -0.4 is 0 Å². The molecule has 1 heterocycles. The highest BCUT2D eigenvalue weighted by atomic mass is 16.3. The normalized spacial score (nSPS) is 16.7. The molecule has 0 unspecified atom stereocenters. The second kappa shape index (κ2) is 7.01. The fourth-order valence-corrected chi connectivity index (χ4v) is 3.37. The van der Waals surface area contributed by atoms with Crippen molar-refractivity contribution in [2.75, 3.05) is 13.2 Å². The van der Waals surface area contributed by atoms with Crippen LogP contribution in [-0.2, 0) is 6.54 Å². The number of aliphatic hydroxyl groups is 1. The molecule has 1 aliphatic rings. The van der Waals surface area contributed by atoms with Gasteiger partial charge in [-0.1, -0.05) is 43.5 Å². The second-order valence-corrected chi connectivity index (χ2v) is 5.98. The summed E-state index contributed by atoms with van der Waals surface area (Å²) in [5.74, 6) is 0. The van der Waals surface area contributed by atoms with Gasteiger partial charge in [0, 0.05) is 24.5 Å². The van der Waals surface area contributed by atoms with Crippen LogP contribution in [0.25, 0.3) is 10.9 Å². The SMILES string of the molecule is OCCN(Cc1ccc2ccccc2n1)C1CCCCC1. The van der Waals surface area contributed by atoms with Crippen molar-refractivity contribution in [1.29, 1.82) is 0 Å². The molecule has 0 atom stereocenters. The number of para-hydroxylation sites is 1. The average Bonchev–Trinajstić information content (AvgIpc) is 2.55. The summed E-state index contributed by atoms with van der Waals surface area (Å²) >= 11 is 0. The van der Waals surface area contributed by atoms with E-state index in [-0.39, 0.29) is 6.61 Å². The molecule has 3 heteroatoms. The van der Waals surface area contributed by atoms with Gasteiger partial charge in [-0.15, -0.1) is 0 Å². The summed E-state index contributed by atoms with van der Waals surface area (Å²) in [6.07, 6.45) is 6.51. The molecule has 1 aromatic carbocycles. The second-order valence-electron chi connectivity index (χ2n) is 5.98. The summed E-state index contributed by atoms with van der Waals surface area (Å²) in [6, 6.07) is 13.1. The zero-order valence-corrected chi connectivity index (χ0v) is 12.5. The predicted octanol–water partition coefficient (Wildman–Crippen LogP) is 3.36. The number of aliphatic hydroxyl groups excluding tert-OH is 1. The molecule has 1 aliphatic carbocycles. The molecule has 1 fully saturated rings. The molecule has 0 amide bonds. The summed E-state index contributed by atoms with van der Waals surface area (Å²) in [5.41, 5.74) is 2.16. The van der Waals surface area contributed by atoms with Gasteiger partial charge in [-0.2, -0.15) is 0 Å². The Labute approximate surface area is 126 Å². The van der Waals surface area contributed by atoms with Crippen molar-refractivity contribution in [3.63, 3.8) is 0 Å². The molecule has 21 heavy (non-hydrogen) atoms. The number of hydrogen-bond acceptors (Lipinski definition) is 3. The van der Waals surface area contributed by atoms with E-state index in [9.17, 15) is 5.11 Å². The zero-order chi connectivity index (χ0) is 14.5. The minimum Gasteiger partial charge on any atom is -0.395 e. The summed E-state index contributed by atoms with van der Waals surface area (Å²) in [7, 11) is 0. The molecule has 112 valence electrons. The fourth-order valence-electron chi connectivity index (χ4n) is 3.37. The molecular weight excluding hydrogens is 260 g/mol. The number of rotatable bonds is 5. The maximum absolute atomic E-state index is 9.36. The van der Waals surface area contributed by atoms with Crippen molar-refractivity contribution < 1.29 is 5.11 Å². The van der Waals surface area contributed by atoms with Crippen LogP contribution in [0.5, 0.6) is 0 Å². The maximum Gasteiger partial charge on any atom is 0.0705 e. The van der Waals surface area contributed by atoms with Crippen LogP contribution in [0.3, 0.4) is 0 Å². The Morgan fingerprint density at radius 3 is 2.67 bits per heavy atom. The third kappa shape index (κ3) is 3.60. The molecule has 0 radical (unpaired) electrons. The first-order valence-electron chi connectivity index (χ1n) is 8.06. The van der Waals surface area contributed by atoms with E-state index in [1.54, 1.807) is 0 Å². The van der Waals surface area contributed by atoms with Gasteiger partial charge in [0.1, 0.15) is 0 Å². The summed E-state index contributed by atoms with van der Waals surface area (Å²) in [6.45, 7) is 1.82. The largest absolute Gasteiger partial charge is 0.395 e. The number of nitrogens with zero attached hydrogens (tertiary/aromatic N) is 2. The van der Waals surface area contributed by atoms with Gasteiger partial charge in [0.15, 0.2) is 0 Å². The van der Waals surface area contributed by atoms with Crippen LogP contribution in [0.15, 0.2) is 36.4 Å². The minimum absolute atomic E-state index is 0.226. The van der Waals surface area contributed by atoms with Crippen molar-refractivity contribution in [1.82, 2.24) is 9.88 Å². The lowest BCUT2D eigenvalue weighted by Crippen LogP contribution is -2.38. The van der Waals surface area contributed by atoms with Gasteiger partial charge >= 0.3 is 0 Å². The first-order chi connectivity index (χ1) is 10.4. The standard InChI is InChI=1S/C18H24N2O/c21-13-12-20(17-7-2-1-3-8-17)14-16-11-10-15-6-4-5-9-18(15)19-16/h4-6,9-11,17,21H,1-3,7-8,12-14H2. The van der Waals surface area contributed by atoms with E-state index in [2.05, 4.69) is 29.2 Å². The molecule has 2 aromatic rings. The Kier molecular flexibility index (Phi) is 4.84. The third-order valence-electron chi connectivity index (χ3n) is 4.50. The van der Waals surface area contributed by atoms with Gasteiger partial charge < -0.3 is 5.11 Å². The van der Waals surface area contributed by atoms with Gasteiger partial charge in [0.25, 0.3) is 0 Å². The van der Waals surface area contributed by atoms with Gasteiger partial charge in [-0.05, 0) is 25.0 Å². The molecule has 3 rings (SSSR count). The molecular formula is C18H24N2O. The van der Waals surface area contributed by atoms with Gasteiger partial charge in [-0.3, -0.25) is 9.88 Å². The Hall–Kier alpha value is -1.45. The zero-order valence-electron chi connectivity index (χ0n) is 12.5. The number of fused-ring (bicyclic) bond motifs is 1. The van der Waals surface area contributed by atoms with E-state index in [0.717, 1.165) is 24.3 Å². The number of hydrogen-bond donors (Lipinski definition) is 1. The molecule has 0 spiro atoms. The Balaban J connectivity index is 1.76. The summed E-state index contributed by atoms with van der Waals surface area (Å²) in [5, 5.41) is 10.5. The highest BCUT2D eigenvalue weighted by Gasteiger charge is 2.21. The van der Waals surface area contributed by atoms with Crippen LogP contribution >= 0.6 is 0 Å². The van der Waals surface area contributed by atoms with E-state index in [4.69, 9.17) is 4.98 Å². The minimum atomic E-state index is 0.226. The lowest BCUT2D eigenvalue weighted by atomic mass is 9.94. The van der Waals surface area contributed by atoms with Crippen LogP contribution in [-0.4, -0.2) is 34.2 Å². The molecule has 0 bridgehead atoms. The highest BCUT2D eigenvalue weighted by Crippen LogP contribution is 2.24. The topological polar surface area (TPSA) is 36.4 Å². The number of benzene rings is 1. The van der Waals surface area contributed by atoms with Gasteiger partial charge in [-0.25, -0.2) is 0 Å². The van der Waals surface area contributed by atoms with Crippen molar-refractivity contribution in [3.05, 3.63) is 42.1 Å². The van der Waals surface area contributed by atoms with E-state index in [0.29, 0.717) is 6.04 Å². The maximum atomic E-state index is 9.36. The van der Waals surface area contributed by atoms with E-state index < -0.39 is 0 Å². The smallest absolute Gasteiger partial charge is 0.0705 e. The summed E-state index contributed by atoms with van der Waals surface area (Å²) in [4.78, 5) is 7.18. The van der Waals surface area contributed by atoms with Crippen molar-refractivity contribution >= 4 is 10.9 Å². The molecule has 0 aliphatic heterocycles. The predicted molar refractivity (Wildman–Crippen MR) is 86.1 cm³/mol. The molecule has 3 nitrogen and oxygen atoms in total. The quantitative estimate of drug-likeness (QED) is 0.914. The highest BCUT2D eigenvalue weighted by molar-refractivity contribution is 5.78. The third-order valence-corrected chi connectivity index (χ3v) is 4.50. The first-order valence-corrected chi connectivity index (χ1v) is 8.06. The fraction of sp³-hybridized carbons (Fsp3) is 0.500. The van der Waals surface area contributed by atoms with E-state index >= 15 is 0 Å². The van der Waals surface area contributed by atoms with Gasteiger partial charge in [0.2, 0.25) is 0 Å². The molecule has 1 aromatic heterocycles. The van der Waals surface area contributed by atoms with Crippen LogP contribution in [0.4, 0.5) is 0 Å². The summed E-state index contributed by atoms with van der Waals surface area (Å²) < 4.78 is 0. The van der Waals surface area contributed by atoms with E-state index in [1.807, 2.05) is 12.1 Å². The monoisotopic (exact) mass is 284 g/mol. The molecule has 1 N–H and O–H groups in total. The van der Waals surface area contributed by atoms with Crippen molar-refractivity contribution in [2.24, 2.45) is 0 Å². The molecule has 0 saturated heterocycles. The lowest BCUT2D eigenvalue weighted by molar-refractivity contribution is 0.116. The van der Waals surface area contributed by atoms with Crippen molar-refractivity contribution in [2.45, 2.75) is 44.7 Å². The Morgan fingerprint density at radius 2 is 1.86 bits per heavy atom. The first kappa shape index (κ1) is 14.5. The Bertz CT molecular complexity index is 578. The van der Waals surface area contributed by atoms with Crippen molar-refractivity contribution in [3.8, 4) is 0 Å². The Morgan fingerprint density at radius 1 is 1.05 bits per heavy atom.